The lowest BCUT2D eigenvalue weighted by Crippen LogP contribution is -2.14. The van der Waals surface area contributed by atoms with Crippen LogP contribution in [-0.2, 0) is 11.8 Å². The summed E-state index contributed by atoms with van der Waals surface area (Å²) < 4.78 is 5.33. The molecule has 13 heavy (non-hydrogen) atoms. The topological polar surface area (TPSA) is 52.0 Å². The van der Waals surface area contributed by atoms with Gasteiger partial charge in [0.15, 0.2) is 6.39 Å². The Balaban J connectivity index is 2.77. The molecule has 0 radical (unpaired) electrons. The van der Waals surface area contributed by atoms with Crippen molar-refractivity contribution in [3.8, 4) is 0 Å². The molecule has 3 nitrogen and oxygen atoms in total. The van der Waals surface area contributed by atoms with E-state index in [1.165, 1.54) is 6.39 Å². The third-order valence-corrected chi connectivity index (χ3v) is 1.96. The van der Waals surface area contributed by atoms with E-state index in [0.29, 0.717) is 6.54 Å². The van der Waals surface area contributed by atoms with Gasteiger partial charge >= 0.3 is 0 Å². The van der Waals surface area contributed by atoms with E-state index in [4.69, 9.17) is 10.2 Å². The summed E-state index contributed by atoms with van der Waals surface area (Å²) in [6.07, 6.45) is 3.37. The number of aryl methyl sites for hydroxylation is 1. The first-order chi connectivity index (χ1) is 6.05. The zero-order valence-electron chi connectivity index (χ0n) is 8.63. The third-order valence-electron chi connectivity index (χ3n) is 1.96. The average molecular weight is 182 g/mol. The van der Waals surface area contributed by atoms with Crippen molar-refractivity contribution in [3.05, 3.63) is 17.8 Å². The fraction of sp³-hybridized carbons (Fsp3) is 0.700. The van der Waals surface area contributed by atoms with E-state index >= 15 is 0 Å². The molecule has 0 aliphatic heterocycles. The largest absolute Gasteiger partial charge is 0.448 e. The SMILES string of the molecule is CC(C)(C)c1ncoc1CCCN. The van der Waals surface area contributed by atoms with E-state index in [9.17, 15) is 0 Å². The molecule has 1 aromatic heterocycles. The summed E-state index contributed by atoms with van der Waals surface area (Å²) in [5, 5.41) is 0. The standard InChI is InChI=1S/C10H18N2O/c1-10(2,3)9-8(5-4-6-11)13-7-12-9/h7H,4-6,11H2,1-3H3. The highest BCUT2D eigenvalue weighted by Gasteiger charge is 2.21. The van der Waals surface area contributed by atoms with Gasteiger partial charge in [0.2, 0.25) is 0 Å². The van der Waals surface area contributed by atoms with E-state index < -0.39 is 0 Å². The molecule has 0 aliphatic carbocycles. The Kier molecular flexibility index (Phi) is 3.09. The van der Waals surface area contributed by atoms with Gasteiger partial charge in [-0.05, 0) is 13.0 Å². The third kappa shape index (κ3) is 2.56. The zero-order chi connectivity index (χ0) is 9.90. The molecule has 0 bridgehead atoms. The lowest BCUT2D eigenvalue weighted by molar-refractivity contribution is 0.478. The first-order valence-corrected chi connectivity index (χ1v) is 4.68. The van der Waals surface area contributed by atoms with Gasteiger partial charge in [-0.3, -0.25) is 0 Å². The predicted molar refractivity (Wildman–Crippen MR) is 52.6 cm³/mol. The lowest BCUT2D eigenvalue weighted by Gasteiger charge is -2.16. The average Bonchev–Trinajstić information content (AvgIpc) is 2.47. The molecule has 0 saturated heterocycles. The molecule has 74 valence electrons. The van der Waals surface area contributed by atoms with Crippen molar-refractivity contribution >= 4 is 0 Å². The first kappa shape index (κ1) is 10.3. The van der Waals surface area contributed by atoms with Crippen LogP contribution in [0.3, 0.4) is 0 Å². The number of hydrogen-bond acceptors (Lipinski definition) is 3. The molecule has 1 heterocycles. The van der Waals surface area contributed by atoms with Crippen LogP contribution in [0.2, 0.25) is 0 Å². The Morgan fingerprint density at radius 3 is 2.69 bits per heavy atom. The maximum Gasteiger partial charge on any atom is 0.181 e. The molecule has 0 spiro atoms. The van der Waals surface area contributed by atoms with Crippen LogP contribution in [-0.4, -0.2) is 11.5 Å². The highest BCUT2D eigenvalue weighted by Crippen LogP contribution is 2.24. The molecule has 0 saturated carbocycles. The van der Waals surface area contributed by atoms with Gasteiger partial charge in [0, 0.05) is 11.8 Å². The van der Waals surface area contributed by atoms with Gasteiger partial charge in [0.05, 0.1) is 5.69 Å². The van der Waals surface area contributed by atoms with Crippen molar-refractivity contribution in [2.45, 2.75) is 39.0 Å². The van der Waals surface area contributed by atoms with Crippen LogP contribution < -0.4 is 5.73 Å². The molecule has 0 amide bonds. The quantitative estimate of drug-likeness (QED) is 0.776. The molecule has 3 heteroatoms. The number of rotatable bonds is 3. The molecular formula is C10H18N2O. The van der Waals surface area contributed by atoms with E-state index in [1.807, 2.05) is 0 Å². The molecule has 2 N–H and O–H groups in total. The minimum absolute atomic E-state index is 0.0664. The monoisotopic (exact) mass is 182 g/mol. The second kappa shape index (κ2) is 3.92. The Morgan fingerprint density at radius 1 is 1.46 bits per heavy atom. The van der Waals surface area contributed by atoms with Crippen molar-refractivity contribution in [1.29, 1.82) is 0 Å². The summed E-state index contributed by atoms with van der Waals surface area (Å²) in [6, 6.07) is 0. The van der Waals surface area contributed by atoms with Crippen LogP contribution in [0.15, 0.2) is 10.8 Å². The molecule has 0 unspecified atom stereocenters. The second-order valence-electron chi connectivity index (χ2n) is 4.27. The normalized spacial score (nSPS) is 12.0. The van der Waals surface area contributed by atoms with Gasteiger partial charge in [0.1, 0.15) is 5.76 Å². The van der Waals surface area contributed by atoms with E-state index in [-0.39, 0.29) is 5.41 Å². The second-order valence-corrected chi connectivity index (χ2v) is 4.27. The number of oxazole rings is 1. The number of aromatic nitrogens is 1. The van der Waals surface area contributed by atoms with E-state index in [1.54, 1.807) is 0 Å². The number of nitrogens with two attached hydrogens (primary N) is 1. The summed E-state index contributed by atoms with van der Waals surface area (Å²) in [7, 11) is 0. The highest BCUT2D eigenvalue weighted by molar-refractivity contribution is 5.16. The summed E-state index contributed by atoms with van der Waals surface area (Å²) in [5.74, 6) is 0.984. The lowest BCUT2D eigenvalue weighted by atomic mass is 9.90. The van der Waals surface area contributed by atoms with Crippen molar-refractivity contribution in [2.75, 3.05) is 6.54 Å². The summed E-state index contributed by atoms with van der Waals surface area (Å²) in [4.78, 5) is 4.23. The van der Waals surface area contributed by atoms with Gasteiger partial charge in [-0.15, -0.1) is 0 Å². The van der Waals surface area contributed by atoms with Gasteiger partial charge in [0.25, 0.3) is 0 Å². The van der Waals surface area contributed by atoms with Gasteiger partial charge in [-0.25, -0.2) is 4.98 Å². The first-order valence-electron chi connectivity index (χ1n) is 4.68. The summed E-state index contributed by atoms with van der Waals surface area (Å²) in [6.45, 7) is 7.11. The molecule has 0 atom stereocenters. The van der Waals surface area contributed by atoms with Gasteiger partial charge in [-0.1, -0.05) is 20.8 Å². The maximum atomic E-state index is 5.44. The molecule has 1 rings (SSSR count). The molecule has 1 aromatic rings. The Bertz CT molecular complexity index is 260. The fourth-order valence-corrected chi connectivity index (χ4v) is 1.32. The summed E-state index contributed by atoms with van der Waals surface area (Å²) in [5.41, 5.74) is 6.56. The molecular weight excluding hydrogens is 164 g/mol. The van der Waals surface area contributed by atoms with Crippen molar-refractivity contribution in [3.63, 3.8) is 0 Å². The van der Waals surface area contributed by atoms with Crippen LogP contribution in [0.5, 0.6) is 0 Å². The van der Waals surface area contributed by atoms with Gasteiger partial charge < -0.3 is 10.2 Å². The predicted octanol–water partition coefficient (Wildman–Crippen LogP) is 1.86. The highest BCUT2D eigenvalue weighted by atomic mass is 16.3. The van der Waals surface area contributed by atoms with E-state index in [0.717, 1.165) is 24.3 Å². The Labute approximate surface area is 79.3 Å². The van der Waals surface area contributed by atoms with Crippen LogP contribution in [0.4, 0.5) is 0 Å². The Hall–Kier alpha value is -0.830. The van der Waals surface area contributed by atoms with Crippen LogP contribution >= 0.6 is 0 Å². The molecule has 0 aromatic carbocycles. The fourth-order valence-electron chi connectivity index (χ4n) is 1.32. The van der Waals surface area contributed by atoms with Crippen LogP contribution in [0.25, 0.3) is 0 Å². The Morgan fingerprint density at radius 2 is 2.15 bits per heavy atom. The van der Waals surface area contributed by atoms with Gasteiger partial charge in [-0.2, -0.15) is 0 Å². The van der Waals surface area contributed by atoms with E-state index in [2.05, 4.69) is 25.8 Å². The van der Waals surface area contributed by atoms with Crippen molar-refractivity contribution in [2.24, 2.45) is 5.73 Å². The van der Waals surface area contributed by atoms with Crippen LogP contribution in [0, 0.1) is 0 Å². The van der Waals surface area contributed by atoms with Crippen molar-refractivity contribution in [1.82, 2.24) is 4.98 Å². The number of hydrogen-bond donors (Lipinski definition) is 1. The smallest absolute Gasteiger partial charge is 0.181 e. The number of nitrogens with zero attached hydrogens (tertiary/aromatic N) is 1. The minimum atomic E-state index is 0.0664. The van der Waals surface area contributed by atoms with Crippen molar-refractivity contribution < 1.29 is 4.42 Å². The zero-order valence-corrected chi connectivity index (χ0v) is 8.63. The molecule has 0 fully saturated rings. The molecule has 0 aliphatic rings. The van der Waals surface area contributed by atoms with Crippen LogP contribution in [0.1, 0.15) is 38.6 Å². The minimum Gasteiger partial charge on any atom is -0.448 e. The summed E-state index contributed by atoms with van der Waals surface area (Å²) >= 11 is 0. The maximum absolute atomic E-state index is 5.44.